The minimum Gasteiger partial charge on any atom is -0.452 e. The van der Waals surface area contributed by atoms with Gasteiger partial charge >= 0.3 is 5.97 Å². The van der Waals surface area contributed by atoms with Crippen molar-refractivity contribution in [3.05, 3.63) is 28.8 Å². The number of halogens is 1. The lowest BCUT2D eigenvalue weighted by atomic mass is 10.2. The van der Waals surface area contributed by atoms with Gasteiger partial charge in [0.25, 0.3) is 5.91 Å². The first kappa shape index (κ1) is 23.0. The van der Waals surface area contributed by atoms with Crippen molar-refractivity contribution in [2.24, 2.45) is 0 Å². The van der Waals surface area contributed by atoms with Crippen molar-refractivity contribution in [3.8, 4) is 0 Å². The highest BCUT2D eigenvalue weighted by atomic mass is 35.5. The van der Waals surface area contributed by atoms with E-state index < -0.39 is 44.4 Å². The second-order valence-electron chi connectivity index (χ2n) is 7.35. The highest BCUT2D eigenvalue weighted by Crippen LogP contribution is 2.25. The number of amides is 1. The molecule has 2 fully saturated rings. The number of ether oxygens (including phenoxy) is 1. The molecule has 2 aliphatic heterocycles. The molecule has 1 atom stereocenters. The second kappa shape index (κ2) is 9.21. The van der Waals surface area contributed by atoms with E-state index >= 15 is 0 Å². The van der Waals surface area contributed by atoms with Gasteiger partial charge in [-0.2, -0.15) is 4.31 Å². The van der Waals surface area contributed by atoms with E-state index in [1.165, 1.54) is 16.4 Å². The van der Waals surface area contributed by atoms with Crippen LogP contribution in [0.2, 0.25) is 5.02 Å². The Balaban J connectivity index is 1.64. The number of nitrogens with zero attached hydrogens (tertiary/aromatic N) is 1. The van der Waals surface area contributed by atoms with Crippen LogP contribution in [0.4, 0.5) is 0 Å². The summed E-state index contributed by atoms with van der Waals surface area (Å²) in [6.07, 6.45) is 2.83. The Morgan fingerprint density at radius 3 is 2.53 bits per heavy atom. The van der Waals surface area contributed by atoms with Crippen LogP contribution in [0.1, 0.15) is 36.0 Å². The van der Waals surface area contributed by atoms with Gasteiger partial charge in [0.1, 0.15) is 0 Å². The number of piperidine rings is 1. The Morgan fingerprint density at radius 2 is 1.90 bits per heavy atom. The zero-order valence-corrected chi connectivity index (χ0v) is 18.6. The summed E-state index contributed by atoms with van der Waals surface area (Å²) in [6.45, 7) is 0.207. The maximum Gasteiger partial charge on any atom is 0.340 e. The van der Waals surface area contributed by atoms with Crippen molar-refractivity contribution >= 4 is 43.3 Å². The third kappa shape index (κ3) is 5.51. The number of benzene rings is 1. The molecule has 2 aliphatic rings. The van der Waals surface area contributed by atoms with Gasteiger partial charge in [-0.25, -0.2) is 21.6 Å². The average molecular weight is 479 g/mol. The lowest BCUT2D eigenvalue weighted by molar-refractivity contribution is -0.124. The first-order valence-corrected chi connectivity index (χ1v) is 13.2. The molecule has 30 heavy (non-hydrogen) atoms. The molecule has 0 bridgehead atoms. The Bertz CT molecular complexity index is 1030. The second-order valence-corrected chi connectivity index (χ2v) is 11.9. The first-order valence-electron chi connectivity index (χ1n) is 9.55. The topological polar surface area (TPSA) is 127 Å². The number of hydrogen-bond acceptors (Lipinski definition) is 7. The molecule has 1 amide bonds. The largest absolute Gasteiger partial charge is 0.452 e. The van der Waals surface area contributed by atoms with Gasteiger partial charge in [-0.3, -0.25) is 4.79 Å². The predicted octanol–water partition coefficient (Wildman–Crippen LogP) is 0.975. The van der Waals surface area contributed by atoms with Crippen LogP contribution in [-0.4, -0.2) is 70.3 Å². The van der Waals surface area contributed by atoms with Gasteiger partial charge < -0.3 is 10.1 Å². The minimum atomic E-state index is -3.76. The predicted molar refractivity (Wildman–Crippen MR) is 110 cm³/mol. The van der Waals surface area contributed by atoms with E-state index in [0.29, 0.717) is 19.5 Å². The van der Waals surface area contributed by atoms with Crippen LogP contribution in [0.3, 0.4) is 0 Å². The third-order valence-corrected chi connectivity index (χ3v) is 9.03. The maximum absolute atomic E-state index is 12.8. The quantitative estimate of drug-likeness (QED) is 0.603. The molecule has 2 saturated heterocycles. The van der Waals surface area contributed by atoms with E-state index in [9.17, 15) is 26.4 Å². The molecular formula is C18H23ClN2O7S2. The fourth-order valence-corrected chi connectivity index (χ4v) is 6.87. The fourth-order valence-electron chi connectivity index (χ4n) is 3.46. The molecule has 0 spiro atoms. The number of esters is 1. The monoisotopic (exact) mass is 478 g/mol. The molecule has 9 nitrogen and oxygen atoms in total. The number of nitrogens with one attached hydrogen (secondary N) is 1. The number of carbonyl (C=O) groups excluding carboxylic acids is 2. The third-order valence-electron chi connectivity index (χ3n) is 5.04. The Morgan fingerprint density at radius 1 is 1.20 bits per heavy atom. The molecule has 166 valence electrons. The Kier molecular flexibility index (Phi) is 7.05. The van der Waals surface area contributed by atoms with Crippen LogP contribution in [0, 0.1) is 0 Å². The molecule has 0 saturated carbocycles. The number of sulfone groups is 1. The van der Waals surface area contributed by atoms with Gasteiger partial charge in [0, 0.05) is 19.1 Å². The molecule has 1 N–H and O–H groups in total. The molecule has 0 aromatic heterocycles. The maximum atomic E-state index is 12.8. The highest BCUT2D eigenvalue weighted by molar-refractivity contribution is 7.91. The summed E-state index contributed by atoms with van der Waals surface area (Å²) < 4.78 is 54.8. The number of carbonyl (C=O) groups is 2. The standard InChI is InChI=1S/C18H23ClN2O7S2/c19-16-5-4-14(30(26,27)21-7-2-1-3-8-21)10-15(16)18(23)28-11-17(22)20-13-6-9-29(24,25)12-13/h4-5,10,13H,1-3,6-9,11-12H2,(H,20,22). The van der Waals surface area contributed by atoms with Crippen LogP contribution in [0.5, 0.6) is 0 Å². The van der Waals surface area contributed by atoms with E-state index in [1.54, 1.807) is 0 Å². The van der Waals surface area contributed by atoms with Crippen LogP contribution >= 0.6 is 11.6 Å². The fraction of sp³-hybridized carbons (Fsp3) is 0.556. The minimum absolute atomic E-state index is 0.000103. The number of hydrogen-bond donors (Lipinski definition) is 1. The SMILES string of the molecule is O=C(COC(=O)c1cc(S(=O)(=O)N2CCCCC2)ccc1Cl)NC1CCS(=O)(=O)C1. The van der Waals surface area contributed by atoms with Gasteiger partial charge in [0.05, 0.1) is 27.0 Å². The van der Waals surface area contributed by atoms with Gasteiger partial charge in [0.2, 0.25) is 10.0 Å². The molecule has 2 heterocycles. The van der Waals surface area contributed by atoms with Crippen molar-refractivity contribution < 1.29 is 31.2 Å². The summed E-state index contributed by atoms with van der Waals surface area (Å²) in [5.74, 6) is -1.72. The van der Waals surface area contributed by atoms with Crippen LogP contribution in [0.25, 0.3) is 0 Å². The van der Waals surface area contributed by atoms with Gasteiger partial charge in [-0.05, 0) is 37.5 Å². The van der Waals surface area contributed by atoms with Crippen molar-refractivity contribution in [1.82, 2.24) is 9.62 Å². The average Bonchev–Trinajstić information content (AvgIpc) is 3.05. The summed E-state index contributed by atoms with van der Waals surface area (Å²) in [6, 6.07) is 3.27. The van der Waals surface area contributed by atoms with Crippen LogP contribution in [0.15, 0.2) is 23.1 Å². The smallest absolute Gasteiger partial charge is 0.340 e. The van der Waals surface area contributed by atoms with Gasteiger partial charge in [0.15, 0.2) is 16.4 Å². The van der Waals surface area contributed by atoms with Crippen LogP contribution < -0.4 is 5.32 Å². The summed E-state index contributed by atoms with van der Waals surface area (Å²) in [7, 11) is -6.91. The van der Waals surface area contributed by atoms with Gasteiger partial charge in [-0.15, -0.1) is 0 Å². The van der Waals surface area contributed by atoms with E-state index in [1.807, 2.05) is 0 Å². The number of rotatable bonds is 6. The first-order chi connectivity index (χ1) is 14.1. The summed E-state index contributed by atoms with van der Waals surface area (Å²) >= 11 is 6.03. The molecule has 1 aromatic rings. The lowest BCUT2D eigenvalue weighted by Gasteiger charge is -2.26. The molecule has 12 heteroatoms. The van der Waals surface area contributed by atoms with E-state index in [2.05, 4.69) is 5.32 Å². The summed E-state index contributed by atoms with van der Waals surface area (Å²) in [5, 5.41) is 2.50. The molecular weight excluding hydrogens is 456 g/mol. The van der Waals surface area contributed by atoms with E-state index in [0.717, 1.165) is 25.3 Å². The highest BCUT2D eigenvalue weighted by Gasteiger charge is 2.30. The Labute approximate surface area is 180 Å². The molecule has 3 rings (SSSR count). The normalized spacial score (nSPS) is 21.8. The van der Waals surface area contributed by atoms with Crippen molar-refractivity contribution in [1.29, 1.82) is 0 Å². The molecule has 1 unspecified atom stereocenters. The zero-order chi connectivity index (χ0) is 21.9. The lowest BCUT2D eigenvalue weighted by Crippen LogP contribution is -2.38. The Hall–Kier alpha value is -1.69. The summed E-state index contributed by atoms with van der Waals surface area (Å²) in [5.41, 5.74) is -0.161. The molecule has 1 aromatic carbocycles. The number of sulfonamides is 1. The zero-order valence-electron chi connectivity index (χ0n) is 16.2. The van der Waals surface area contributed by atoms with Crippen LogP contribution in [-0.2, 0) is 29.4 Å². The van der Waals surface area contributed by atoms with Crippen molar-refractivity contribution in [3.63, 3.8) is 0 Å². The van der Waals surface area contributed by atoms with Crippen molar-refractivity contribution in [2.75, 3.05) is 31.2 Å². The molecule has 0 radical (unpaired) electrons. The van der Waals surface area contributed by atoms with E-state index in [-0.39, 0.29) is 27.0 Å². The summed E-state index contributed by atoms with van der Waals surface area (Å²) in [4.78, 5) is 24.3. The van der Waals surface area contributed by atoms with E-state index in [4.69, 9.17) is 16.3 Å². The van der Waals surface area contributed by atoms with Gasteiger partial charge in [-0.1, -0.05) is 18.0 Å². The molecule has 0 aliphatic carbocycles. The van der Waals surface area contributed by atoms with Crippen molar-refractivity contribution in [2.45, 2.75) is 36.6 Å².